The molecule has 0 saturated carbocycles. The highest BCUT2D eigenvalue weighted by molar-refractivity contribution is 5.74. The van der Waals surface area contributed by atoms with Gasteiger partial charge in [0.1, 0.15) is 0 Å². The fraction of sp³-hybridized carbons (Fsp3) is 0.458. The third kappa shape index (κ3) is 7.83. The molecule has 0 unspecified atom stereocenters. The van der Waals surface area contributed by atoms with Gasteiger partial charge in [0, 0.05) is 50.6 Å². The van der Waals surface area contributed by atoms with Gasteiger partial charge in [0.15, 0.2) is 0 Å². The third-order valence-electron chi connectivity index (χ3n) is 4.89. The predicted octanol–water partition coefficient (Wildman–Crippen LogP) is 4.61. The lowest BCUT2D eigenvalue weighted by Crippen LogP contribution is -2.36. The van der Waals surface area contributed by atoms with Crippen molar-refractivity contribution in [3.8, 4) is 0 Å². The minimum Gasteiger partial charge on any atom is -0.374 e. The summed E-state index contributed by atoms with van der Waals surface area (Å²) in [7, 11) is 2.00. The lowest BCUT2D eigenvalue weighted by Gasteiger charge is -2.31. The molecule has 0 spiro atoms. The van der Waals surface area contributed by atoms with Gasteiger partial charge in [0.25, 0.3) is 0 Å². The zero-order valence-corrected chi connectivity index (χ0v) is 18.2. The van der Waals surface area contributed by atoms with Gasteiger partial charge in [-0.2, -0.15) is 0 Å². The van der Waals surface area contributed by atoms with E-state index in [-0.39, 0.29) is 0 Å². The Balaban J connectivity index is 2.79. The minimum absolute atomic E-state index is 0.457. The molecule has 4 heteroatoms. The number of allylic oxidation sites excluding steroid dienone is 3. The first-order chi connectivity index (χ1) is 13.6. The Bertz CT molecular complexity index is 661. The predicted molar refractivity (Wildman–Crippen MR) is 124 cm³/mol. The summed E-state index contributed by atoms with van der Waals surface area (Å²) in [5.74, 6) is 0.457. The van der Waals surface area contributed by atoms with E-state index in [0.717, 1.165) is 44.8 Å². The molecule has 0 aliphatic rings. The molecule has 154 valence electrons. The standard InChI is InChI=1S/C24H38N4/c1-7-11-24(28(10-4)16-15-25-6)22(9-3)19-26-18-21-13-12-20(5)23(17-21)27-14-8-2/h7-8,11-14,17,22,25-26H,1-2,9-10,15-16,18-19H2,3-6H3/b24-11+,27-14-/t22-/m1/s1. The second-order valence-electron chi connectivity index (χ2n) is 6.88. The van der Waals surface area contributed by atoms with Gasteiger partial charge in [-0.05, 0) is 50.6 Å². The number of benzene rings is 1. The molecule has 0 saturated heterocycles. The molecule has 0 aromatic heterocycles. The van der Waals surface area contributed by atoms with Gasteiger partial charge < -0.3 is 15.5 Å². The fourth-order valence-electron chi connectivity index (χ4n) is 3.22. The number of nitrogens with zero attached hydrogens (tertiary/aromatic N) is 2. The number of aliphatic imine (C=N–C) groups is 1. The van der Waals surface area contributed by atoms with Gasteiger partial charge >= 0.3 is 0 Å². The lowest BCUT2D eigenvalue weighted by molar-refractivity contribution is 0.306. The first kappa shape index (κ1) is 23.9. The Morgan fingerprint density at radius 2 is 2.04 bits per heavy atom. The van der Waals surface area contributed by atoms with Gasteiger partial charge in [0.2, 0.25) is 0 Å². The quantitative estimate of drug-likeness (QED) is 0.365. The van der Waals surface area contributed by atoms with E-state index in [1.807, 2.05) is 13.1 Å². The van der Waals surface area contributed by atoms with Crippen molar-refractivity contribution in [1.82, 2.24) is 15.5 Å². The second-order valence-corrected chi connectivity index (χ2v) is 6.88. The minimum atomic E-state index is 0.457. The van der Waals surface area contributed by atoms with Gasteiger partial charge in [-0.1, -0.05) is 44.4 Å². The smallest absolute Gasteiger partial charge is 0.0661 e. The number of nitrogens with one attached hydrogen (secondary N) is 2. The average molecular weight is 383 g/mol. The van der Waals surface area contributed by atoms with E-state index < -0.39 is 0 Å². The Morgan fingerprint density at radius 3 is 2.64 bits per heavy atom. The van der Waals surface area contributed by atoms with Crippen LogP contribution in [-0.2, 0) is 6.54 Å². The summed E-state index contributed by atoms with van der Waals surface area (Å²) in [6.45, 7) is 18.9. The summed E-state index contributed by atoms with van der Waals surface area (Å²) in [6, 6.07) is 6.45. The largest absolute Gasteiger partial charge is 0.374 e. The van der Waals surface area contributed by atoms with E-state index >= 15 is 0 Å². The van der Waals surface area contributed by atoms with Gasteiger partial charge in [-0.3, -0.25) is 4.99 Å². The van der Waals surface area contributed by atoms with Crippen molar-refractivity contribution in [2.75, 3.05) is 33.2 Å². The van der Waals surface area contributed by atoms with E-state index in [4.69, 9.17) is 0 Å². The van der Waals surface area contributed by atoms with Crippen molar-refractivity contribution in [1.29, 1.82) is 0 Å². The maximum atomic E-state index is 4.46. The van der Waals surface area contributed by atoms with Crippen molar-refractivity contribution in [3.05, 3.63) is 66.4 Å². The second kappa shape index (κ2) is 13.9. The van der Waals surface area contributed by atoms with Crippen LogP contribution in [0.5, 0.6) is 0 Å². The van der Waals surface area contributed by atoms with Gasteiger partial charge in [-0.15, -0.1) is 0 Å². The van der Waals surface area contributed by atoms with E-state index in [1.165, 1.54) is 16.8 Å². The van der Waals surface area contributed by atoms with Crippen LogP contribution < -0.4 is 10.6 Å². The van der Waals surface area contributed by atoms with Crippen molar-refractivity contribution in [2.45, 2.75) is 33.7 Å². The number of likely N-dealkylation sites (N-methyl/N-ethyl adjacent to an activating group) is 2. The highest BCUT2D eigenvalue weighted by Crippen LogP contribution is 2.21. The normalized spacial score (nSPS) is 12.9. The summed E-state index contributed by atoms with van der Waals surface area (Å²) >= 11 is 0. The molecule has 1 rings (SSSR count). The molecule has 0 heterocycles. The topological polar surface area (TPSA) is 39.7 Å². The van der Waals surface area contributed by atoms with Crippen LogP contribution in [0.25, 0.3) is 0 Å². The fourth-order valence-corrected chi connectivity index (χ4v) is 3.22. The monoisotopic (exact) mass is 382 g/mol. The molecule has 1 aromatic rings. The van der Waals surface area contributed by atoms with Crippen molar-refractivity contribution in [3.63, 3.8) is 0 Å². The molecule has 2 N–H and O–H groups in total. The van der Waals surface area contributed by atoms with E-state index in [0.29, 0.717) is 5.92 Å². The van der Waals surface area contributed by atoms with Crippen LogP contribution in [0.3, 0.4) is 0 Å². The summed E-state index contributed by atoms with van der Waals surface area (Å²) in [6.07, 6.45) is 8.61. The summed E-state index contributed by atoms with van der Waals surface area (Å²) in [5.41, 5.74) is 4.78. The molecule has 0 aliphatic heterocycles. The number of rotatable bonds is 14. The van der Waals surface area contributed by atoms with Crippen LogP contribution in [-0.4, -0.2) is 44.3 Å². The molecular weight excluding hydrogens is 344 g/mol. The average Bonchev–Trinajstić information content (AvgIpc) is 2.71. The van der Waals surface area contributed by atoms with Gasteiger partial charge in [0.05, 0.1) is 5.69 Å². The van der Waals surface area contributed by atoms with E-state index in [2.05, 4.69) is 78.7 Å². The molecule has 0 amide bonds. The van der Waals surface area contributed by atoms with Crippen LogP contribution >= 0.6 is 0 Å². The summed E-state index contributed by atoms with van der Waals surface area (Å²) < 4.78 is 0. The maximum absolute atomic E-state index is 4.46. The molecule has 0 fully saturated rings. The zero-order valence-electron chi connectivity index (χ0n) is 18.2. The highest BCUT2D eigenvalue weighted by Gasteiger charge is 2.17. The van der Waals surface area contributed by atoms with E-state index in [1.54, 1.807) is 12.3 Å². The molecular formula is C24H38N4. The Kier molecular flexibility index (Phi) is 11.9. The first-order valence-corrected chi connectivity index (χ1v) is 10.3. The number of hydrogen-bond acceptors (Lipinski definition) is 4. The van der Waals surface area contributed by atoms with Crippen molar-refractivity contribution >= 4 is 11.9 Å². The molecule has 0 aliphatic carbocycles. The van der Waals surface area contributed by atoms with Crippen molar-refractivity contribution < 1.29 is 0 Å². The summed E-state index contributed by atoms with van der Waals surface area (Å²) in [5, 5.41) is 6.89. The molecule has 0 radical (unpaired) electrons. The number of aryl methyl sites for hydroxylation is 1. The molecule has 1 aromatic carbocycles. The lowest BCUT2D eigenvalue weighted by atomic mass is 9.99. The highest BCUT2D eigenvalue weighted by atomic mass is 15.1. The van der Waals surface area contributed by atoms with Gasteiger partial charge in [-0.25, -0.2) is 0 Å². The Hall–Kier alpha value is -2.17. The molecule has 1 atom stereocenters. The SMILES string of the molecule is C=C/C=N\c1cc(CNC[C@@H](CC)/C(=C\C=C)N(CC)CCNC)ccc1C. The molecule has 4 nitrogen and oxygen atoms in total. The Labute approximate surface area is 172 Å². The van der Waals surface area contributed by atoms with Crippen LogP contribution in [0.15, 0.2) is 60.3 Å². The molecule has 0 bridgehead atoms. The Morgan fingerprint density at radius 1 is 1.25 bits per heavy atom. The third-order valence-corrected chi connectivity index (χ3v) is 4.89. The van der Waals surface area contributed by atoms with Crippen molar-refractivity contribution in [2.24, 2.45) is 10.9 Å². The summed E-state index contributed by atoms with van der Waals surface area (Å²) in [4.78, 5) is 6.90. The van der Waals surface area contributed by atoms with Crippen LogP contribution in [0, 0.1) is 12.8 Å². The van der Waals surface area contributed by atoms with Crippen LogP contribution in [0.4, 0.5) is 5.69 Å². The van der Waals surface area contributed by atoms with E-state index in [9.17, 15) is 0 Å². The molecule has 28 heavy (non-hydrogen) atoms. The maximum Gasteiger partial charge on any atom is 0.0661 e. The zero-order chi connectivity index (χ0) is 20.8. The van der Waals surface area contributed by atoms with Crippen LogP contribution in [0.1, 0.15) is 31.4 Å². The van der Waals surface area contributed by atoms with Crippen LogP contribution in [0.2, 0.25) is 0 Å². The number of hydrogen-bond donors (Lipinski definition) is 2. The first-order valence-electron chi connectivity index (χ1n) is 10.3.